The van der Waals surface area contributed by atoms with E-state index in [2.05, 4.69) is 87.9 Å². The van der Waals surface area contributed by atoms with Crippen molar-refractivity contribution in [2.75, 3.05) is 5.33 Å². The highest BCUT2D eigenvalue weighted by molar-refractivity contribution is 9.09. The third-order valence-electron chi connectivity index (χ3n) is 10.5. The normalized spacial score (nSPS) is 14.4. The van der Waals surface area contributed by atoms with Crippen LogP contribution in [0.25, 0.3) is 0 Å². The Morgan fingerprint density at radius 1 is 0.289 bits per heavy atom. The summed E-state index contributed by atoms with van der Waals surface area (Å²) in [5.41, 5.74) is 0. The fraction of sp³-hybridized carbons (Fsp3) is 1.00. The first kappa shape index (κ1) is 48.2. The number of hydrogen-bond donors (Lipinski definition) is 0. The van der Waals surface area contributed by atoms with Gasteiger partial charge in [-0.25, -0.2) is 0 Å². The topological polar surface area (TPSA) is 0 Å². The molecule has 272 valence electrons. The van der Waals surface area contributed by atoms with Gasteiger partial charge in [0.1, 0.15) is 29.5 Å². The molecule has 0 nitrogen and oxygen atoms in total. The molecular formula is C33H77BrCl4Si7. The van der Waals surface area contributed by atoms with Crippen molar-refractivity contribution in [2.45, 2.75) is 202 Å². The molecule has 0 aromatic rings. The second-order valence-corrected chi connectivity index (χ2v) is 62.8. The van der Waals surface area contributed by atoms with E-state index >= 15 is 0 Å². The molecule has 0 aliphatic heterocycles. The second-order valence-electron chi connectivity index (χ2n) is 18.6. The molecular weight excluding hydrogens is 815 g/mol. The van der Waals surface area contributed by atoms with Gasteiger partial charge in [-0.05, 0) is 30.6 Å². The smallest absolute Gasteiger partial charge is 0.150 e. The zero-order valence-corrected chi connectivity index (χ0v) is 43.6. The molecule has 45 heavy (non-hydrogen) atoms. The van der Waals surface area contributed by atoms with Crippen molar-refractivity contribution >= 4 is 114 Å². The Kier molecular flexibility index (Phi) is 23.8. The van der Waals surface area contributed by atoms with Crippen molar-refractivity contribution in [2.24, 2.45) is 0 Å². The molecule has 0 aromatic carbocycles. The molecule has 12 heteroatoms. The van der Waals surface area contributed by atoms with E-state index in [1.165, 1.54) is 118 Å². The minimum Gasteiger partial charge on any atom is -0.168 e. The number of unbranched alkanes of at least 4 members (excludes halogenated alkanes) is 1. The number of halogens is 5. The SMILES string of the molecule is C[Si](C)(Cl)CCC[Si](C)(CCC[Si](C)(C)Cl)CCC[Si](C)(CCCCBr)CCC[Si](C)(CCC[Si](C)(C)Cl)CCC[Si](C)(C)Cl. The van der Waals surface area contributed by atoms with Gasteiger partial charge >= 0.3 is 0 Å². The van der Waals surface area contributed by atoms with Crippen molar-refractivity contribution < 1.29 is 0 Å². The number of hydrogen-bond acceptors (Lipinski definition) is 0. The van der Waals surface area contributed by atoms with Gasteiger partial charge in [-0.3, -0.25) is 0 Å². The minimum atomic E-state index is -1.49. The van der Waals surface area contributed by atoms with Crippen LogP contribution in [0.2, 0.25) is 151 Å². The number of rotatable bonds is 28. The summed E-state index contributed by atoms with van der Waals surface area (Å²) in [6.45, 7) is 26.9. The van der Waals surface area contributed by atoms with Crippen LogP contribution >= 0.6 is 60.2 Å². The van der Waals surface area contributed by atoms with E-state index in [0.29, 0.717) is 0 Å². The lowest BCUT2D eigenvalue weighted by Gasteiger charge is -2.34. The molecule has 0 bridgehead atoms. The standard InChI is InChI=1S/C33H77BrCl4Si7/c1-39(2,35)21-14-26-44(10,27-15-22-40(3,4)36)32-18-30-43(9,25-13-12-20-34)31-19-33-45(11,28-16-23-41(5,6)37)29-17-24-42(7,8)38/h12-33H2,1-11H3. The molecule has 0 unspecified atom stereocenters. The van der Waals surface area contributed by atoms with Crippen molar-refractivity contribution in [1.29, 1.82) is 0 Å². The van der Waals surface area contributed by atoms with Gasteiger partial charge in [-0.15, -0.1) is 0 Å². The fourth-order valence-electron chi connectivity index (χ4n) is 7.40. The molecule has 0 amide bonds. The van der Waals surface area contributed by atoms with Crippen LogP contribution in [0.1, 0.15) is 51.4 Å². The Balaban J connectivity index is 5.48. The summed E-state index contributed by atoms with van der Waals surface area (Å²) in [7, 11) is -9.77. The highest BCUT2D eigenvalue weighted by Crippen LogP contribution is 2.37. The van der Waals surface area contributed by atoms with E-state index in [9.17, 15) is 0 Å². The first-order valence-corrected chi connectivity index (χ1v) is 46.0. The highest BCUT2D eigenvalue weighted by Gasteiger charge is 2.34. The van der Waals surface area contributed by atoms with E-state index in [1.807, 2.05) is 0 Å². The van der Waals surface area contributed by atoms with Crippen LogP contribution in [-0.4, -0.2) is 59.1 Å². The van der Waals surface area contributed by atoms with Gasteiger partial charge in [-0.2, -0.15) is 44.3 Å². The van der Waals surface area contributed by atoms with Crippen LogP contribution in [0.4, 0.5) is 0 Å². The van der Waals surface area contributed by atoms with Crippen molar-refractivity contribution in [3.05, 3.63) is 0 Å². The molecule has 0 aliphatic carbocycles. The van der Waals surface area contributed by atoms with Crippen LogP contribution in [0.3, 0.4) is 0 Å². The van der Waals surface area contributed by atoms with Crippen LogP contribution in [-0.2, 0) is 0 Å². The van der Waals surface area contributed by atoms with Gasteiger partial charge < -0.3 is 0 Å². The Morgan fingerprint density at radius 2 is 0.467 bits per heavy atom. The lowest BCUT2D eigenvalue weighted by molar-refractivity contribution is 0.840. The molecule has 0 spiro atoms. The molecule has 0 aromatic heterocycles. The van der Waals surface area contributed by atoms with Crippen LogP contribution in [0.5, 0.6) is 0 Å². The summed E-state index contributed by atoms with van der Waals surface area (Å²) in [5.74, 6) is 0. The van der Waals surface area contributed by atoms with Crippen molar-refractivity contribution in [3.8, 4) is 0 Å². The zero-order chi connectivity index (χ0) is 35.1. The van der Waals surface area contributed by atoms with E-state index in [0.717, 1.165) is 5.33 Å². The average molecular weight is 892 g/mol. The summed E-state index contributed by atoms with van der Waals surface area (Å²) >= 11 is 30.8. The van der Waals surface area contributed by atoms with E-state index in [4.69, 9.17) is 44.3 Å². The second kappa shape index (κ2) is 22.3. The summed E-state index contributed by atoms with van der Waals surface area (Å²) in [5, 5.41) is 1.16. The van der Waals surface area contributed by atoms with Gasteiger partial charge in [0.25, 0.3) is 0 Å². The molecule has 0 atom stereocenters. The quantitative estimate of drug-likeness (QED) is 0.0318. The van der Waals surface area contributed by atoms with Gasteiger partial charge in [0.15, 0.2) is 0 Å². The summed E-state index contributed by atoms with van der Waals surface area (Å²) in [6.07, 6.45) is 11.2. The zero-order valence-electron chi connectivity index (χ0n) is 31.9. The molecule has 0 heterocycles. The Bertz CT molecular complexity index is 681. The van der Waals surface area contributed by atoms with Gasteiger partial charge in [0, 0.05) is 5.33 Å². The van der Waals surface area contributed by atoms with E-state index in [-0.39, 0.29) is 0 Å². The maximum absolute atomic E-state index is 6.77. The summed E-state index contributed by atoms with van der Waals surface area (Å²) in [4.78, 5) is 0. The fourth-order valence-corrected chi connectivity index (χ4v) is 27.2. The summed E-state index contributed by atoms with van der Waals surface area (Å²) in [6, 6.07) is 18.8. The van der Waals surface area contributed by atoms with Gasteiger partial charge in [0.2, 0.25) is 0 Å². The van der Waals surface area contributed by atoms with Crippen LogP contribution in [0.15, 0.2) is 0 Å². The van der Waals surface area contributed by atoms with Crippen LogP contribution in [0, 0.1) is 0 Å². The predicted octanol–water partition coefficient (Wildman–Crippen LogP) is 16.5. The maximum atomic E-state index is 6.77. The van der Waals surface area contributed by atoms with Gasteiger partial charge in [0.05, 0.1) is 24.2 Å². The third kappa shape index (κ3) is 29.4. The molecule has 0 aliphatic rings. The lowest BCUT2D eigenvalue weighted by atomic mass is 10.4. The van der Waals surface area contributed by atoms with Crippen molar-refractivity contribution in [1.82, 2.24) is 0 Å². The Morgan fingerprint density at radius 3 is 0.644 bits per heavy atom. The first-order chi connectivity index (χ1) is 20.3. The lowest BCUT2D eigenvalue weighted by Crippen LogP contribution is -2.35. The minimum absolute atomic E-state index is 1.16. The average Bonchev–Trinajstić information content (AvgIpc) is 2.81. The first-order valence-electron chi connectivity index (χ1n) is 18.6. The van der Waals surface area contributed by atoms with E-state index < -0.39 is 53.8 Å². The molecule has 0 radical (unpaired) electrons. The third-order valence-corrected chi connectivity index (χ3v) is 33.5. The number of alkyl halides is 1. The van der Waals surface area contributed by atoms with Crippen molar-refractivity contribution in [3.63, 3.8) is 0 Å². The monoisotopic (exact) mass is 888 g/mol. The van der Waals surface area contributed by atoms with Crippen LogP contribution < -0.4 is 0 Å². The largest absolute Gasteiger partial charge is 0.168 e. The molecule has 0 N–H and O–H groups in total. The van der Waals surface area contributed by atoms with Gasteiger partial charge in [-0.1, -0.05) is 187 Å². The highest BCUT2D eigenvalue weighted by atomic mass is 79.9. The molecule has 0 fully saturated rings. The molecule has 0 saturated carbocycles. The maximum Gasteiger partial charge on any atom is 0.150 e. The summed E-state index contributed by atoms with van der Waals surface area (Å²) < 4.78 is 0. The van der Waals surface area contributed by atoms with E-state index in [1.54, 1.807) is 12.1 Å². The molecule has 0 rings (SSSR count). The Hall–Kier alpha value is 3.16. The Labute approximate surface area is 318 Å². The predicted molar refractivity (Wildman–Crippen MR) is 241 cm³/mol. The molecule has 0 saturated heterocycles.